The van der Waals surface area contributed by atoms with Gasteiger partial charge in [-0.1, -0.05) is 92.7 Å². The van der Waals surface area contributed by atoms with Gasteiger partial charge in [-0.05, 0) is 42.0 Å². The third-order valence-electron chi connectivity index (χ3n) is 6.89. The molecular formula is C29H36N2O. The van der Waals surface area contributed by atoms with Gasteiger partial charge in [-0.15, -0.1) is 0 Å². The van der Waals surface area contributed by atoms with Crippen molar-refractivity contribution in [3.05, 3.63) is 102 Å². The highest BCUT2D eigenvalue weighted by Crippen LogP contribution is 2.39. The maximum atomic E-state index is 5.62. The zero-order chi connectivity index (χ0) is 22.3. The van der Waals surface area contributed by atoms with Crippen molar-refractivity contribution in [2.45, 2.75) is 45.4 Å². The third-order valence-corrected chi connectivity index (χ3v) is 6.89. The van der Waals surface area contributed by atoms with Crippen molar-refractivity contribution in [1.29, 1.82) is 0 Å². The van der Waals surface area contributed by atoms with Gasteiger partial charge in [0.25, 0.3) is 0 Å². The summed E-state index contributed by atoms with van der Waals surface area (Å²) in [4.78, 5) is 2.67. The van der Waals surface area contributed by atoms with Crippen molar-refractivity contribution in [3.63, 3.8) is 0 Å². The summed E-state index contributed by atoms with van der Waals surface area (Å²) in [5, 5.41) is 3.99. The van der Waals surface area contributed by atoms with Crippen LogP contribution in [-0.4, -0.2) is 24.6 Å². The second-order valence-corrected chi connectivity index (χ2v) is 9.23. The number of hydrogen-bond acceptors (Lipinski definition) is 3. The quantitative estimate of drug-likeness (QED) is 0.471. The van der Waals surface area contributed by atoms with Crippen molar-refractivity contribution in [2.75, 3.05) is 13.7 Å². The molecular weight excluding hydrogens is 392 g/mol. The molecule has 168 valence electrons. The predicted octanol–water partition coefficient (Wildman–Crippen LogP) is 6.07. The van der Waals surface area contributed by atoms with E-state index in [1.165, 1.54) is 23.1 Å². The van der Waals surface area contributed by atoms with Crippen LogP contribution in [0.2, 0.25) is 0 Å². The van der Waals surface area contributed by atoms with Crippen LogP contribution in [0.3, 0.4) is 0 Å². The molecule has 1 aliphatic rings. The molecule has 0 unspecified atom stereocenters. The molecule has 0 bridgehead atoms. The first-order chi connectivity index (χ1) is 15.7. The first kappa shape index (κ1) is 22.6. The van der Waals surface area contributed by atoms with Crippen LogP contribution in [0.5, 0.6) is 5.75 Å². The third kappa shape index (κ3) is 5.23. The van der Waals surface area contributed by atoms with Crippen molar-refractivity contribution in [2.24, 2.45) is 11.8 Å². The van der Waals surface area contributed by atoms with Crippen LogP contribution < -0.4 is 10.1 Å². The second-order valence-electron chi connectivity index (χ2n) is 9.23. The fraction of sp³-hybridized carbons (Fsp3) is 0.379. The highest BCUT2D eigenvalue weighted by molar-refractivity contribution is 5.33. The highest BCUT2D eigenvalue weighted by Gasteiger charge is 2.39. The average Bonchev–Trinajstić information content (AvgIpc) is 2.84. The molecule has 3 nitrogen and oxygen atoms in total. The maximum absolute atomic E-state index is 5.62. The summed E-state index contributed by atoms with van der Waals surface area (Å²) in [7, 11) is 1.75. The number of methoxy groups -OCH3 is 1. The normalized spacial score (nSPS) is 21.6. The summed E-state index contributed by atoms with van der Waals surface area (Å²) in [6.45, 7) is 7.64. The molecule has 32 heavy (non-hydrogen) atoms. The Bertz CT molecular complexity index is 957. The van der Waals surface area contributed by atoms with E-state index in [9.17, 15) is 0 Å². The Balaban J connectivity index is 1.65. The molecule has 3 aromatic rings. The first-order valence-corrected chi connectivity index (χ1v) is 11.9. The van der Waals surface area contributed by atoms with Gasteiger partial charge in [-0.2, -0.15) is 0 Å². The molecule has 1 N–H and O–H groups in total. The number of piperidine rings is 1. The van der Waals surface area contributed by atoms with Crippen molar-refractivity contribution < 1.29 is 4.74 Å². The maximum Gasteiger partial charge on any atom is 0.123 e. The summed E-state index contributed by atoms with van der Waals surface area (Å²) in [5.41, 5.74) is 3.98. The lowest BCUT2D eigenvalue weighted by atomic mass is 9.76. The van der Waals surface area contributed by atoms with Crippen molar-refractivity contribution in [3.8, 4) is 5.75 Å². The lowest BCUT2D eigenvalue weighted by molar-refractivity contribution is 0.0446. The fourth-order valence-electron chi connectivity index (χ4n) is 5.25. The zero-order valence-electron chi connectivity index (χ0n) is 19.6. The van der Waals surface area contributed by atoms with Crippen LogP contribution in [0.25, 0.3) is 0 Å². The minimum Gasteiger partial charge on any atom is -0.496 e. The molecule has 0 radical (unpaired) electrons. The number of likely N-dealkylation sites (tertiary alicyclic amines) is 1. The number of benzene rings is 3. The largest absolute Gasteiger partial charge is 0.496 e. The molecule has 1 heterocycles. The van der Waals surface area contributed by atoms with Gasteiger partial charge < -0.3 is 10.1 Å². The monoisotopic (exact) mass is 428 g/mol. The number of ether oxygens (including phenoxy) is 1. The Morgan fingerprint density at radius 2 is 1.56 bits per heavy atom. The Morgan fingerprint density at radius 3 is 2.25 bits per heavy atom. The van der Waals surface area contributed by atoms with E-state index in [1.807, 2.05) is 12.1 Å². The number of para-hydroxylation sites is 1. The molecule has 0 saturated carbocycles. The van der Waals surface area contributed by atoms with Gasteiger partial charge in [-0.3, -0.25) is 4.90 Å². The van der Waals surface area contributed by atoms with Gasteiger partial charge in [0.15, 0.2) is 0 Å². The lowest BCUT2D eigenvalue weighted by Gasteiger charge is -2.48. The van der Waals surface area contributed by atoms with E-state index in [4.69, 9.17) is 4.74 Å². The molecule has 3 aromatic carbocycles. The van der Waals surface area contributed by atoms with Gasteiger partial charge in [0, 0.05) is 24.7 Å². The van der Waals surface area contributed by atoms with Crippen molar-refractivity contribution >= 4 is 0 Å². The molecule has 1 aliphatic heterocycles. The van der Waals surface area contributed by atoms with Gasteiger partial charge in [-0.25, -0.2) is 0 Å². The molecule has 0 aromatic heterocycles. The summed E-state index contributed by atoms with van der Waals surface area (Å²) >= 11 is 0. The summed E-state index contributed by atoms with van der Waals surface area (Å²) in [6.07, 6.45) is 1.21. The Labute approximate surface area is 193 Å². The lowest BCUT2D eigenvalue weighted by Crippen LogP contribution is -2.53. The van der Waals surface area contributed by atoms with E-state index >= 15 is 0 Å². The van der Waals surface area contributed by atoms with Crippen LogP contribution in [-0.2, 0) is 13.1 Å². The fourth-order valence-corrected chi connectivity index (χ4v) is 5.25. The molecule has 1 saturated heterocycles. The number of nitrogens with zero attached hydrogens (tertiary/aromatic N) is 1. The standard InChI is InChI=1S/C29H36N2O/c1-22(2)26-18-19-31(21-23-12-6-4-7-13-23)29(24-14-8-5-9-15-24)28(26)30-20-25-16-10-11-17-27(25)32-3/h4-17,22,26,28-30H,18-21H2,1-3H3/t26-,28-,29-/m0/s1. The second kappa shape index (κ2) is 10.8. The average molecular weight is 429 g/mol. The van der Waals surface area contributed by atoms with Gasteiger partial charge in [0.2, 0.25) is 0 Å². The first-order valence-electron chi connectivity index (χ1n) is 11.9. The molecule has 4 rings (SSSR count). The minimum atomic E-state index is 0.326. The molecule has 0 spiro atoms. The molecule has 3 heteroatoms. The molecule has 0 amide bonds. The predicted molar refractivity (Wildman–Crippen MR) is 133 cm³/mol. The van der Waals surface area contributed by atoms with Crippen LogP contribution in [0.4, 0.5) is 0 Å². The van der Waals surface area contributed by atoms with Crippen LogP contribution >= 0.6 is 0 Å². The van der Waals surface area contributed by atoms with Crippen LogP contribution in [0.15, 0.2) is 84.9 Å². The van der Waals surface area contributed by atoms with Crippen LogP contribution in [0, 0.1) is 11.8 Å². The van der Waals surface area contributed by atoms with E-state index in [0.717, 1.165) is 25.4 Å². The Kier molecular flexibility index (Phi) is 7.62. The number of rotatable bonds is 8. The van der Waals surface area contributed by atoms with E-state index in [1.54, 1.807) is 7.11 Å². The number of hydrogen-bond donors (Lipinski definition) is 1. The smallest absolute Gasteiger partial charge is 0.123 e. The topological polar surface area (TPSA) is 24.5 Å². The summed E-state index contributed by atoms with van der Waals surface area (Å²) in [6, 6.07) is 31.0. The minimum absolute atomic E-state index is 0.326. The summed E-state index contributed by atoms with van der Waals surface area (Å²) < 4.78 is 5.62. The van der Waals surface area contributed by atoms with E-state index in [0.29, 0.717) is 23.9 Å². The van der Waals surface area contributed by atoms with Crippen molar-refractivity contribution in [1.82, 2.24) is 10.2 Å². The molecule has 0 aliphatic carbocycles. The van der Waals surface area contributed by atoms with E-state index in [-0.39, 0.29) is 0 Å². The Morgan fingerprint density at radius 1 is 0.906 bits per heavy atom. The van der Waals surface area contributed by atoms with Gasteiger partial charge in [0.1, 0.15) is 5.75 Å². The van der Waals surface area contributed by atoms with E-state index < -0.39 is 0 Å². The molecule has 1 fully saturated rings. The van der Waals surface area contributed by atoms with Crippen LogP contribution in [0.1, 0.15) is 43.0 Å². The summed E-state index contributed by atoms with van der Waals surface area (Å²) in [5.74, 6) is 2.19. The Hall–Kier alpha value is -2.62. The SMILES string of the molecule is COc1ccccc1CN[C@H]1[C@H](C(C)C)CCN(Cc2ccccc2)[C@H]1c1ccccc1. The van der Waals surface area contributed by atoms with Gasteiger partial charge >= 0.3 is 0 Å². The zero-order valence-corrected chi connectivity index (χ0v) is 19.6. The highest BCUT2D eigenvalue weighted by atomic mass is 16.5. The van der Waals surface area contributed by atoms with E-state index in [2.05, 4.69) is 96.9 Å². The number of nitrogens with one attached hydrogen (secondary N) is 1. The molecule has 3 atom stereocenters. The van der Waals surface area contributed by atoms with Gasteiger partial charge in [0.05, 0.1) is 13.2 Å².